The quantitative estimate of drug-likeness (QED) is 0.480. The maximum absolute atomic E-state index is 12.6. The Balaban J connectivity index is 2.21. The number of hydrogen-bond acceptors (Lipinski definition) is 2. The van der Waals surface area contributed by atoms with Crippen molar-refractivity contribution in [3.05, 3.63) is 65.6 Å². The first-order valence-corrected chi connectivity index (χ1v) is 9.70. The van der Waals surface area contributed by atoms with Gasteiger partial charge in [-0.3, -0.25) is 4.79 Å². The molecular formula is C17H15BrCl2INO2. The Morgan fingerprint density at radius 1 is 1.29 bits per heavy atom. The van der Waals surface area contributed by atoms with Gasteiger partial charge in [-0.25, -0.2) is 0 Å². The highest BCUT2D eigenvalue weighted by molar-refractivity contribution is 14.1. The van der Waals surface area contributed by atoms with Gasteiger partial charge < -0.3 is 10.1 Å². The summed E-state index contributed by atoms with van der Waals surface area (Å²) in [5.74, 6) is -0.166. The van der Waals surface area contributed by atoms with E-state index in [9.17, 15) is 4.79 Å². The second kappa shape index (κ2) is 8.85. The molecule has 0 bridgehead atoms. The number of carbonyl (C=O) groups is 1. The lowest BCUT2D eigenvalue weighted by Gasteiger charge is -2.25. The number of halogens is 4. The molecule has 1 amide bonds. The molecule has 0 radical (unpaired) electrons. The molecule has 3 nitrogen and oxygen atoms in total. The van der Waals surface area contributed by atoms with Crippen LogP contribution < -0.4 is 5.32 Å². The summed E-state index contributed by atoms with van der Waals surface area (Å²) in [7, 11) is 1.58. The number of methoxy groups -OCH3 is 1. The van der Waals surface area contributed by atoms with E-state index in [4.69, 9.17) is 27.9 Å². The fourth-order valence-electron chi connectivity index (χ4n) is 2.37. The van der Waals surface area contributed by atoms with Gasteiger partial charge >= 0.3 is 0 Å². The lowest BCUT2D eigenvalue weighted by molar-refractivity contribution is 0.0645. The van der Waals surface area contributed by atoms with Gasteiger partial charge in [0.1, 0.15) is 6.10 Å². The number of carbonyl (C=O) groups excluding carboxylic acids is 1. The van der Waals surface area contributed by atoms with Crippen molar-refractivity contribution in [2.45, 2.75) is 19.1 Å². The van der Waals surface area contributed by atoms with Crippen molar-refractivity contribution in [2.75, 3.05) is 7.11 Å². The van der Waals surface area contributed by atoms with Gasteiger partial charge in [-0.2, -0.15) is 0 Å². The highest BCUT2D eigenvalue weighted by atomic mass is 127. The molecule has 0 spiro atoms. The third kappa shape index (κ3) is 4.64. The van der Waals surface area contributed by atoms with Crippen molar-refractivity contribution in [3.63, 3.8) is 0 Å². The molecule has 128 valence electrons. The average Bonchev–Trinajstić information content (AvgIpc) is 2.52. The van der Waals surface area contributed by atoms with Crippen LogP contribution in [-0.2, 0) is 4.74 Å². The van der Waals surface area contributed by atoms with Crippen LogP contribution in [0.25, 0.3) is 0 Å². The maximum Gasteiger partial charge on any atom is 0.252 e. The molecule has 7 heteroatoms. The molecule has 0 aliphatic carbocycles. The molecule has 2 unspecified atom stereocenters. The average molecular weight is 543 g/mol. The van der Waals surface area contributed by atoms with Gasteiger partial charge in [0.15, 0.2) is 0 Å². The molecule has 1 N–H and O–H groups in total. The first kappa shape index (κ1) is 20.0. The van der Waals surface area contributed by atoms with E-state index in [1.807, 2.05) is 25.1 Å². The minimum absolute atomic E-state index is 0.166. The number of benzene rings is 2. The molecule has 0 aliphatic rings. The molecule has 2 rings (SSSR count). The van der Waals surface area contributed by atoms with Crippen LogP contribution in [0.15, 0.2) is 40.9 Å². The molecule has 0 saturated heterocycles. The Hall–Kier alpha value is -0.340. The van der Waals surface area contributed by atoms with Crippen LogP contribution >= 0.6 is 61.7 Å². The Morgan fingerprint density at radius 2 is 2.00 bits per heavy atom. The molecule has 2 aromatic carbocycles. The molecule has 0 heterocycles. The number of rotatable bonds is 5. The molecule has 2 atom stereocenters. The first-order chi connectivity index (χ1) is 11.3. The van der Waals surface area contributed by atoms with Crippen molar-refractivity contribution in [1.29, 1.82) is 0 Å². The predicted molar refractivity (Wildman–Crippen MR) is 110 cm³/mol. The minimum atomic E-state index is -0.386. The Kier molecular flexibility index (Phi) is 7.37. The first-order valence-electron chi connectivity index (χ1n) is 7.07. The summed E-state index contributed by atoms with van der Waals surface area (Å²) in [6, 6.07) is 10.5. The lowest BCUT2D eigenvalue weighted by Crippen LogP contribution is -2.38. The summed E-state index contributed by atoms with van der Waals surface area (Å²) in [6.07, 6.45) is -0.386. The zero-order valence-corrected chi connectivity index (χ0v) is 18.2. The molecule has 0 fully saturated rings. The molecular weight excluding hydrogens is 528 g/mol. The van der Waals surface area contributed by atoms with Gasteiger partial charge in [-0.15, -0.1) is 0 Å². The maximum atomic E-state index is 12.6. The topological polar surface area (TPSA) is 38.3 Å². The van der Waals surface area contributed by atoms with Crippen LogP contribution in [0.5, 0.6) is 0 Å². The summed E-state index contributed by atoms with van der Waals surface area (Å²) < 4.78 is 7.30. The number of ether oxygens (including phenoxy) is 1. The van der Waals surface area contributed by atoms with Crippen LogP contribution in [0.1, 0.15) is 28.9 Å². The van der Waals surface area contributed by atoms with E-state index in [1.165, 1.54) is 0 Å². The highest BCUT2D eigenvalue weighted by Gasteiger charge is 2.24. The molecule has 0 aromatic heterocycles. The Bertz CT molecular complexity index is 757. The van der Waals surface area contributed by atoms with E-state index in [0.717, 1.165) is 13.6 Å². The summed E-state index contributed by atoms with van der Waals surface area (Å²) in [6.45, 7) is 1.88. The van der Waals surface area contributed by atoms with Crippen molar-refractivity contribution in [1.82, 2.24) is 5.32 Å². The van der Waals surface area contributed by atoms with Gasteiger partial charge in [0.25, 0.3) is 5.91 Å². The fourth-order valence-corrected chi connectivity index (χ4v) is 3.86. The van der Waals surface area contributed by atoms with Gasteiger partial charge in [-0.1, -0.05) is 35.3 Å². The standard InChI is InChI=1S/C17H15BrCl2INO2/c1-9(16(24-2)11-7-6-10(19)8-14(11)20)22-17(23)12-4-3-5-13(18)15(12)21/h3-9,16H,1-2H3,(H,22,23). The third-order valence-corrected chi connectivity index (χ3v) is 6.66. The summed E-state index contributed by atoms with van der Waals surface area (Å²) in [5, 5.41) is 4.04. The second-order valence-corrected chi connectivity index (χ2v) is 7.96. The largest absolute Gasteiger partial charge is 0.375 e. The van der Waals surface area contributed by atoms with E-state index < -0.39 is 0 Å². The highest BCUT2D eigenvalue weighted by Crippen LogP contribution is 2.30. The van der Waals surface area contributed by atoms with Gasteiger partial charge in [0, 0.05) is 30.8 Å². The zero-order chi connectivity index (χ0) is 17.9. The molecule has 24 heavy (non-hydrogen) atoms. The minimum Gasteiger partial charge on any atom is -0.375 e. The van der Waals surface area contributed by atoms with Crippen LogP contribution in [0, 0.1) is 3.57 Å². The van der Waals surface area contributed by atoms with Gasteiger partial charge in [-0.05, 0) is 69.7 Å². The Labute approximate surface area is 173 Å². The molecule has 0 aliphatic heterocycles. The van der Waals surface area contributed by atoms with E-state index in [1.54, 1.807) is 25.3 Å². The molecule has 0 saturated carbocycles. The summed E-state index contributed by atoms with van der Waals surface area (Å²) >= 11 is 17.8. The van der Waals surface area contributed by atoms with E-state index in [2.05, 4.69) is 43.8 Å². The monoisotopic (exact) mass is 541 g/mol. The fraction of sp³-hybridized carbons (Fsp3) is 0.235. The van der Waals surface area contributed by atoms with Crippen LogP contribution in [-0.4, -0.2) is 19.1 Å². The van der Waals surface area contributed by atoms with E-state index in [-0.39, 0.29) is 18.1 Å². The number of hydrogen-bond donors (Lipinski definition) is 1. The number of nitrogens with one attached hydrogen (secondary N) is 1. The molecule has 2 aromatic rings. The van der Waals surface area contributed by atoms with Crippen molar-refractivity contribution >= 4 is 67.6 Å². The SMILES string of the molecule is COC(c1ccc(Cl)cc1Cl)C(C)NC(=O)c1cccc(Br)c1I. The summed E-state index contributed by atoms with van der Waals surface area (Å²) in [5.41, 5.74) is 1.38. The van der Waals surface area contributed by atoms with Crippen molar-refractivity contribution in [3.8, 4) is 0 Å². The van der Waals surface area contributed by atoms with Crippen LogP contribution in [0.2, 0.25) is 10.0 Å². The predicted octanol–water partition coefficient (Wildman–Crippen LogP) is 5.87. The van der Waals surface area contributed by atoms with E-state index >= 15 is 0 Å². The summed E-state index contributed by atoms with van der Waals surface area (Å²) in [4.78, 5) is 12.6. The smallest absolute Gasteiger partial charge is 0.252 e. The van der Waals surface area contributed by atoms with Gasteiger partial charge in [0.05, 0.1) is 11.6 Å². The Morgan fingerprint density at radius 3 is 2.62 bits per heavy atom. The lowest BCUT2D eigenvalue weighted by atomic mass is 10.0. The number of amides is 1. The normalized spacial score (nSPS) is 13.4. The zero-order valence-electron chi connectivity index (χ0n) is 12.9. The van der Waals surface area contributed by atoms with Crippen LogP contribution in [0.4, 0.5) is 0 Å². The third-order valence-electron chi connectivity index (χ3n) is 3.53. The second-order valence-electron chi connectivity index (χ2n) is 5.19. The van der Waals surface area contributed by atoms with E-state index in [0.29, 0.717) is 15.6 Å². The van der Waals surface area contributed by atoms with Crippen LogP contribution in [0.3, 0.4) is 0 Å². The van der Waals surface area contributed by atoms with Gasteiger partial charge in [0.2, 0.25) is 0 Å². The van der Waals surface area contributed by atoms with Crippen molar-refractivity contribution in [2.24, 2.45) is 0 Å². The van der Waals surface area contributed by atoms with Crippen molar-refractivity contribution < 1.29 is 9.53 Å².